The van der Waals surface area contributed by atoms with E-state index < -0.39 is 23.4 Å². The second-order valence-corrected chi connectivity index (χ2v) is 21.9. The van der Waals surface area contributed by atoms with Crippen LogP contribution >= 0.6 is 0 Å². The quantitative estimate of drug-likeness (QED) is 0.0265. The first-order valence-corrected chi connectivity index (χ1v) is 28.7. The molecule has 1 saturated heterocycles. The maximum atomic E-state index is 13.6. The number of likely N-dealkylation sites (tertiary alicyclic amines) is 1. The molecule has 5 aliphatic rings. The topological polar surface area (TPSA) is 173 Å². The van der Waals surface area contributed by atoms with E-state index in [1.165, 1.54) is 64.2 Å². The number of nitrogens with one attached hydrogen (secondary N) is 1. The molecule has 412 valence electrons. The van der Waals surface area contributed by atoms with Crippen molar-refractivity contribution in [3.05, 3.63) is 24.3 Å². The SMILES string of the molecule is CCCCC/C=C\CCOC(=O)CCCCCCC(=O)OCC(COC(=O)CCCCCCC(=O)OCC/C=C\CCCCC)(COC(=O)CC1CC2CC3CC(C1)(C2)C3)COC(=O)NCCN1CCCC1.[HH]. The van der Waals surface area contributed by atoms with Crippen molar-refractivity contribution in [3.63, 3.8) is 0 Å². The van der Waals surface area contributed by atoms with Crippen molar-refractivity contribution >= 4 is 35.9 Å². The van der Waals surface area contributed by atoms with E-state index in [0.29, 0.717) is 95.4 Å². The van der Waals surface area contributed by atoms with E-state index in [1.54, 1.807) is 0 Å². The van der Waals surface area contributed by atoms with Crippen LogP contribution in [-0.4, -0.2) is 107 Å². The average Bonchev–Trinajstić information content (AvgIpc) is 3.88. The van der Waals surface area contributed by atoms with Crippen LogP contribution in [0.1, 0.15) is 214 Å². The summed E-state index contributed by atoms with van der Waals surface area (Å²) in [5.41, 5.74) is -0.974. The third-order valence-electron chi connectivity index (χ3n) is 15.1. The van der Waals surface area contributed by atoms with E-state index >= 15 is 0 Å². The number of carbonyl (C=O) groups excluding carboxylic acids is 6. The van der Waals surface area contributed by atoms with E-state index in [9.17, 15) is 28.8 Å². The summed E-state index contributed by atoms with van der Waals surface area (Å²) in [4.78, 5) is 80.0. The molecule has 1 aliphatic heterocycles. The number of esters is 5. The largest absolute Gasteiger partial charge is 0.465 e. The van der Waals surface area contributed by atoms with Gasteiger partial charge in [0.05, 0.1) is 13.2 Å². The predicted molar refractivity (Wildman–Crippen MR) is 281 cm³/mol. The molecule has 2 atom stereocenters. The highest BCUT2D eigenvalue weighted by Gasteiger charge is 2.54. The zero-order valence-electron chi connectivity index (χ0n) is 44.9. The number of ether oxygens (including phenoxy) is 6. The Kier molecular flexibility index (Phi) is 30.4. The number of hydrogen-bond donors (Lipinski definition) is 1. The van der Waals surface area contributed by atoms with Crippen LogP contribution in [-0.2, 0) is 52.4 Å². The second-order valence-electron chi connectivity index (χ2n) is 21.9. The van der Waals surface area contributed by atoms with Crippen LogP contribution in [0.15, 0.2) is 24.3 Å². The van der Waals surface area contributed by atoms with Crippen molar-refractivity contribution in [2.45, 2.75) is 213 Å². The highest BCUT2D eigenvalue weighted by molar-refractivity contribution is 5.71. The summed E-state index contributed by atoms with van der Waals surface area (Å²) in [5.74, 6) is 0.0196. The van der Waals surface area contributed by atoms with Gasteiger partial charge in [0.25, 0.3) is 0 Å². The van der Waals surface area contributed by atoms with E-state index in [-0.39, 0.29) is 64.5 Å². The Balaban J connectivity index is 0.0000141. The molecule has 5 rings (SSSR count). The van der Waals surface area contributed by atoms with Gasteiger partial charge in [-0.3, -0.25) is 24.0 Å². The molecular formula is C58H98N2O12. The minimum absolute atomic E-state index is 0. The van der Waals surface area contributed by atoms with Crippen molar-refractivity contribution in [2.24, 2.45) is 28.6 Å². The monoisotopic (exact) mass is 1010 g/mol. The minimum Gasteiger partial charge on any atom is -0.465 e. The summed E-state index contributed by atoms with van der Waals surface area (Å²) in [5, 5.41) is 2.82. The summed E-state index contributed by atoms with van der Waals surface area (Å²) < 4.78 is 34.2. The average molecular weight is 1020 g/mol. The van der Waals surface area contributed by atoms with Crippen LogP contribution in [0.5, 0.6) is 0 Å². The Bertz CT molecular complexity index is 1570. The molecule has 72 heavy (non-hydrogen) atoms. The maximum absolute atomic E-state index is 13.6. The normalized spacial score (nSPS) is 20.5. The molecule has 5 fully saturated rings. The van der Waals surface area contributed by atoms with Crippen molar-refractivity contribution in [1.82, 2.24) is 10.2 Å². The minimum atomic E-state index is -1.35. The van der Waals surface area contributed by atoms with Crippen molar-refractivity contribution < 1.29 is 58.6 Å². The van der Waals surface area contributed by atoms with E-state index in [2.05, 4.69) is 48.4 Å². The molecule has 3 bridgehead atoms. The van der Waals surface area contributed by atoms with Crippen molar-refractivity contribution in [3.8, 4) is 0 Å². The summed E-state index contributed by atoms with van der Waals surface area (Å²) >= 11 is 0. The molecule has 1 N–H and O–H groups in total. The van der Waals surface area contributed by atoms with Gasteiger partial charge in [0, 0.05) is 46.6 Å². The third kappa shape index (κ3) is 26.3. The zero-order valence-corrected chi connectivity index (χ0v) is 44.9. The van der Waals surface area contributed by atoms with Gasteiger partial charge in [-0.2, -0.15) is 0 Å². The Morgan fingerprint density at radius 2 is 0.986 bits per heavy atom. The summed E-state index contributed by atoms with van der Waals surface area (Å²) in [6, 6.07) is 0. The number of nitrogens with zero attached hydrogens (tertiary/aromatic N) is 1. The highest BCUT2D eigenvalue weighted by atomic mass is 16.6. The lowest BCUT2D eigenvalue weighted by molar-refractivity contribution is -0.167. The molecular weight excluding hydrogens is 917 g/mol. The first-order valence-electron chi connectivity index (χ1n) is 28.7. The van der Waals surface area contributed by atoms with Crippen molar-refractivity contribution in [1.29, 1.82) is 0 Å². The third-order valence-corrected chi connectivity index (χ3v) is 15.1. The predicted octanol–water partition coefficient (Wildman–Crippen LogP) is 12.1. The summed E-state index contributed by atoms with van der Waals surface area (Å²) in [6.07, 6.45) is 34.4. The zero-order chi connectivity index (χ0) is 51.5. The smallest absolute Gasteiger partial charge is 0.407 e. The fourth-order valence-electron chi connectivity index (χ4n) is 11.3. The van der Waals surface area contributed by atoms with Gasteiger partial charge < -0.3 is 38.6 Å². The fourth-order valence-corrected chi connectivity index (χ4v) is 11.3. The highest BCUT2D eigenvalue weighted by Crippen LogP contribution is 2.64. The second kappa shape index (κ2) is 36.1. The first-order chi connectivity index (χ1) is 35.0. The van der Waals surface area contributed by atoms with E-state index in [0.717, 1.165) is 83.2 Å². The Morgan fingerprint density at radius 3 is 1.49 bits per heavy atom. The molecule has 0 radical (unpaired) electrons. The van der Waals surface area contributed by atoms with E-state index in [4.69, 9.17) is 28.4 Å². The Morgan fingerprint density at radius 1 is 0.528 bits per heavy atom. The Hall–Kier alpha value is -3.94. The van der Waals surface area contributed by atoms with Gasteiger partial charge in [0.1, 0.15) is 31.8 Å². The van der Waals surface area contributed by atoms with Gasteiger partial charge in [0.2, 0.25) is 0 Å². The first kappa shape index (κ1) is 60.6. The number of hydrogen-bond acceptors (Lipinski definition) is 13. The summed E-state index contributed by atoms with van der Waals surface area (Å²) in [6.45, 7) is 7.01. The number of amides is 1. The summed E-state index contributed by atoms with van der Waals surface area (Å²) in [7, 11) is 0. The maximum Gasteiger partial charge on any atom is 0.407 e. The fraction of sp³-hybridized carbons (Fsp3) is 0.828. The molecule has 1 amide bonds. The molecule has 2 unspecified atom stereocenters. The number of alkyl carbamates (subject to hydrolysis) is 1. The molecule has 1 spiro atoms. The number of allylic oxidation sites excluding steroid dienone is 2. The van der Waals surface area contributed by atoms with Crippen LogP contribution in [0.3, 0.4) is 0 Å². The van der Waals surface area contributed by atoms with Gasteiger partial charge >= 0.3 is 35.9 Å². The molecule has 0 aromatic heterocycles. The van der Waals surface area contributed by atoms with Crippen LogP contribution < -0.4 is 5.32 Å². The molecule has 14 heteroatoms. The van der Waals surface area contributed by atoms with Crippen molar-refractivity contribution in [2.75, 3.05) is 65.8 Å². The van der Waals surface area contributed by atoms with E-state index in [1.807, 2.05) is 0 Å². The van der Waals surface area contributed by atoms with Crippen LogP contribution in [0.25, 0.3) is 0 Å². The van der Waals surface area contributed by atoms with Gasteiger partial charge in [0.15, 0.2) is 0 Å². The molecule has 4 aliphatic carbocycles. The lowest BCUT2D eigenvalue weighted by Crippen LogP contribution is -2.50. The molecule has 0 aromatic rings. The number of unbranched alkanes of at least 4 members (excludes halogenated alkanes) is 12. The van der Waals surface area contributed by atoms with Crippen LogP contribution in [0.2, 0.25) is 0 Å². The molecule has 4 saturated carbocycles. The lowest BCUT2D eigenvalue weighted by atomic mass is 9.45. The van der Waals surface area contributed by atoms with Gasteiger partial charge in [-0.15, -0.1) is 0 Å². The Labute approximate surface area is 435 Å². The molecule has 1 heterocycles. The number of carbonyl (C=O) groups is 6. The standard InChI is InChI=1S/C58H96N2O12.H2/c1-3-5-7-9-11-17-25-35-67-51(61)27-19-13-15-21-29-53(63)69-44-58(47-72-56(66)59-31-34-60-32-23-24-33-60,46-71-55(65)39-49-37-48-38-50-42-57(40-48,41-49)43-50)45-70-54(64)30-22-16-14-20-28-52(62)68-36-26-18-12-10-8-6-4-2;/h11-12,17-18,48-50H,3-10,13-16,19-47H2,1-2H3,(H,59,66);1H/b17-11-,18-12-;. The van der Waals surface area contributed by atoms with Gasteiger partial charge in [-0.25, -0.2) is 4.79 Å². The van der Waals surface area contributed by atoms with Crippen LogP contribution in [0, 0.1) is 28.6 Å². The van der Waals surface area contributed by atoms with Crippen LogP contribution in [0.4, 0.5) is 4.79 Å². The molecule has 0 aromatic carbocycles. The van der Waals surface area contributed by atoms with Gasteiger partial charge in [-0.05, 0) is 152 Å². The lowest BCUT2D eigenvalue weighted by Gasteiger charge is -2.60. The number of rotatable bonds is 41. The molecule has 14 nitrogen and oxygen atoms in total. The van der Waals surface area contributed by atoms with Gasteiger partial charge in [-0.1, -0.05) is 89.5 Å².